The van der Waals surface area contributed by atoms with Crippen molar-refractivity contribution in [2.24, 2.45) is 0 Å². The zero-order valence-corrected chi connectivity index (χ0v) is 11.8. The van der Waals surface area contributed by atoms with Gasteiger partial charge in [0.1, 0.15) is 6.61 Å². The van der Waals surface area contributed by atoms with Crippen LogP contribution in [0.5, 0.6) is 0 Å². The minimum absolute atomic E-state index is 0.0173. The molecule has 2 atom stereocenters. The van der Waals surface area contributed by atoms with E-state index >= 15 is 0 Å². The van der Waals surface area contributed by atoms with Crippen LogP contribution in [0.2, 0.25) is 0 Å². The molecule has 1 aliphatic rings. The van der Waals surface area contributed by atoms with Gasteiger partial charge in [0.2, 0.25) is 0 Å². The van der Waals surface area contributed by atoms with Gasteiger partial charge in [0.05, 0.1) is 22.1 Å². The van der Waals surface area contributed by atoms with Gasteiger partial charge in [-0.15, -0.1) is 11.3 Å². The zero-order valence-electron chi connectivity index (χ0n) is 11.0. The average molecular weight is 279 g/mol. The number of hydrogen-bond donors (Lipinski definition) is 2. The molecule has 0 aromatic carbocycles. The molecule has 1 aromatic rings. The fourth-order valence-electron chi connectivity index (χ4n) is 1.98. The molecule has 4 nitrogen and oxygen atoms in total. The third-order valence-corrected chi connectivity index (χ3v) is 4.28. The molecule has 2 heterocycles. The van der Waals surface area contributed by atoms with Crippen LogP contribution in [0.1, 0.15) is 35.5 Å². The van der Waals surface area contributed by atoms with Crippen LogP contribution >= 0.6 is 11.3 Å². The molecular weight excluding hydrogens is 262 g/mol. The summed E-state index contributed by atoms with van der Waals surface area (Å²) in [5, 5.41) is 13.4. The molecule has 0 saturated carbocycles. The number of hydrogen-bond acceptors (Lipinski definition) is 4. The molecule has 1 aromatic heterocycles. The van der Waals surface area contributed by atoms with Crippen molar-refractivity contribution in [2.45, 2.75) is 31.9 Å². The second-order valence-corrected chi connectivity index (χ2v) is 5.71. The second kappa shape index (κ2) is 5.74. The topological polar surface area (TPSA) is 58.6 Å². The summed E-state index contributed by atoms with van der Waals surface area (Å²) < 4.78 is 5.50. The highest BCUT2D eigenvalue weighted by atomic mass is 32.1. The fourth-order valence-corrected chi connectivity index (χ4v) is 2.73. The van der Waals surface area contributed by atoms with E-state index in [4.69, 9.17) is 9.84 Å². The smallest absolute Gasteiger partial charge is 0.252 e. The van der Waals surface area contributed by atoms with Crippen molar-refractivity contribution >= 4 is 17.2 Å². The predicted molar refractivity (Wildman–Crippen MR) is 74.2 cm³/mol. The largest absolute Gasteiger partial charge is 0.384 e. The molecule has 0 spiro atoms. The third kappa shape index (κ3) is 3.16. The normalized spacial score (nSPS) is 25.7. The second-order valence-electron chi connectivity index (χ2n) is 4.79. The maximum absolute atomic E-state index is 12.2. The van der Waals surface area contributed by atoms with Crippen LogP contribution in [-0.2, 0) is 4.74 Å². The van der Waals surface area contributed by atoms with Gasteiger partial charge in [0.25, 0.3) is 5.91 Å². The lowest BCUT2D eigenvalue weighted by atomic mass is 9.94. The van der Waals surface area contributed by atoms with Gasteiger partial charge in [0, 0.05) is 12.0 Å². The van der Waals surface area contributed by atoms with Crippen molar-refractivity contribution in [3.05, 3.63) is 21.9 Å². The molecular formula is C14H17NO3S. The Hall–Kier alpha value is -1.35. The number of aliphatic hydroxyl groups excluding tert-OH is 1. The Bertz CT molecular complexity index is 528. The van der Waals surface area contributed by atoms with E-state index in [1.807, 2.05) is 13.8 Å². The summed E-state index contributed by atoms with van der Waals surface area (Å²) in [4.78, 5) is 13.0. The quantitative estimate of drug-likeness (QED) is 0.804. The Balaban J connectivity index is 2.06. The van der Waals surface area contributed by atoms with E-state index in [0.717, 1.165) is 11.3 Å². The van der Waals surface area contributed by atoms with E-state index in [1.165, 1.54) is 11.3 Å². The van der Waals surface area contributed by atoms with Crippen molar-refractivity contribution < 1.29 is 14.6 Å². The Morgan fingerprint density at radius 2 is 2.53 bits per heavy atom. The van der Waals surface area contributed by atoms with E-state index in [9.17, 15) is 4.79 Å². The third-order valence-electron chi connectivity index (χ3n) is 3.44. The Kier molecular flexibility index (Phi) is 4.25. The van der Waals surface area contributed by atoms with Crippen LogP contribution < -0.4 is 5.32 Å². The highest BCUT2D eigenvalue weighted by Gasteiger charge is 2.38. The van der Waals surface area contributed by atoms with Gasteiger partial charge in [-0.25, -0.2) is 0 Å². The van der Waals surface area contributed by atoms with Gasteiger partial charge in [-0.05, 0) is 26.3 Å². The number of thiophene rings is 1. The Morgan fingerprint density at radius 3 is 3.16 bits per heavy atom. The molecule has 2 unspecified atom stereocenters. The first-order chi connectivity index (χ1) is 9.05. The average Bonchev–Trinajstić information content (AvgIpc) is 2.95. The van der Waals surface area contributed by atoms with E-state index in [1.54, 1.807) is 11.4 Å². The SMILES string of the molecule is CC1OCCC1(C)NC(=O)c1csc(C#CCO)c1. The lowest BCUT2D eigenvalue weighted by Crippen LogP contribution is -2.50. The molecule has 1 saturated heterocycles. The van der Waals surface area contributed by atoms with Gasteiger partial charge >= 0.3 is 0 Å². The van der Waals surface area contributed by atoms with Gasteiger partial charge in [0.15, 0.2) is 0 Å². The Morgan fingerprint density at radius 1 is 1.74 bits per heavy atom. The number of rotatable bonds is 2. The maximum Gasteiger partial charge on any atom is 0.252 e. The van der Waals surface area contributed by atoms with Crippen LogP contribution in [-0.4, -0.2) is 35.9 Å². The van der Waals surface area contributed by atoms with Gasteiger partial charge in [-0.3, -0.25) is 4.79 Å². The number of amides is 1. The van der Waals surface area contributed by atoms with Crippen LogP contribution in [0.4, 0.5) is 0 Å². The van der Waals surface area contributed by atoms with Crippen LogP contribution in [0, 0.1) is 11.8 Å². The number of carbonyl (C=O) groups is 1. The lowest BCUT2D eigenvalue weighted by molar-refractivity contribution is 0.0728. The summed E-state index contributed by atoms with van der Waals surface area (Å²) in [5.41, 5.74) is 0.295. The van der Waals surface area contributed by atoms with Crippen molar-refractivity contribution in [3.8, 4) is 11.8 Å². The first-order valence-corrected chi connectivity index (χ1v) is 7.05. The van der Waals surface area contributed by atoms with E-state index in [2.05, 4.69) is 17.2 Å². The Labute approximate surface area is 116 Å². The molecule has 1 amide bonds. The summed E-state index contributed by atoms with van der Waals surface area (Å²) in [7, 11) is 0. The minimum Gasteiger partial charge on any atom is -0.384 e. The first kappa shape index (κ1) is 14.1. The van der Waals surface area contributed by atoms with Crippen LogP contribution in [0.25, 0.3) is 0 Å². The van der Waals surface area contributed by atoms with Gasteiger partial charge in [-0.1, -0.05) is 11.8 Å². The molecule has 19 heavy (non-hydrogen) atoms. The molecule has 0 bridgehead atoms. The number of ether oxygens (including phenoxy) is 1. The van der Waals surface area contributed by atoms with Gasteiger partial charge in [-0.2, -0.15) is 0 Å². The number of aliphatic hydroxyl groups is 1. The van der Waals surface area contributed by atoms with Crippen molar-refractivity contribution in [1.29, 1.82) is 0 Å². The van der Waals surface area contributed by atoms with Crippen molar-refractivity contribution in [1.82, 2.24) is 5.32 Å². The monoisotopic (exact) mass is 279 g/mol. The number of carbonyl (C=O) groups excluding carboxylic acids is 1. The predicted octanol–water partition coefficient (Wildman–Crippen LogP) is 1.39. The first-order valence-electron chi connectivity index (χ1n) is 6.17. The van der Waals surface area contributed by atoms with Gasteiger partial charge < -0.3 is 15.2 Å². The summed E-state index contributed by atoms with van der Waals surface area (Å²) in [6.45, 7) is 4.47. The molecule has 2 rings (SSSR count). The molecule has 0 aliphatic carbocycles. The summed E-state index contributed by atoms with van der Waals surface area (Å²) in [6.07, 6.45) is 0.838. The van der Waals surface area contributed by atoms with E-state index < -0.39 is 0 Å². The van der Waals surface area contributed by atoms with Crippen molar-refractivity contribution in [2.75, 3.05) is 13.2 Å². The molecule has 1 aliphatic heterocycles. The number of nitrogens with one attached hydrogen (secondary N) is 1. The minimum atomic E-state index is -0.310. The molecule has 102 valence electrons. The van der Waals surface area contributed by atoms with Crippen LogP contribution in [0.15, 0.2) is 11.4 Å². The standard InChI is InChI=1S/C14H17NO3S/c1-10-14(2,5-7-18-10)15-13(17)11-8-12(19-9-11)4-3-6-16/h8-10,16H,5-7H2,1-2H3,(H,15,17). The highest BCUT2D eigenvalue weighted by molar-refractivity contribution is 7.10. The molecule has 1 fully saturated rings. The maximum atomic E-state index is 12.2. The highest BCUT2D eigenvalue weighted by Crippen LogP contribution is 2.26. The fraction of sp³-hybridized carbons (Fsp3) is 0.500. The summed E-state index contributed by atoms with van der Waals surface area (Å²) in [5.74, 6) is 5.26. The summed E-state index contributed by atoms with van der Waals surface area (Å²) >= 11 is 1.40. The van der Waals surface area contributed by atoms with Crippen molar-refractivity contribution in [3.63, 3.8) is 0 Å². The lowest BCUT2D eigenvalue weighted by Gasteiger charge is -2.28. The molecule has 2 N–H and O–H groups in total. The van der Waals surface area contributed by atoms with Crippen LogP contribution in [0.3, 0.4) is 0 Å². The van der Waals surface area contributed by atoms with E-state index in [-0.39, 0.29) is 24.2 Å². The summed E-state index contributed by atoms with van der Waals surface area (Å²) in [6, 6.07) is 1.74. The van der Waals surface area contributed by atoms with E-state index in [0.29, 0.717) is 12.2 Å². The molecule has 5 heteroatoms. The molecule has 0 radical (unpaired) electrons. The zero-order chi connectivity index (χ0) is 13.9.